The van der Waals surface area contributed by atoms with E-state index in [1.807, 2.05) is 85.1 Å². The van der Waals surface area contributed by atoms with Crippen molar-refractivity contribution in [2.75, 3.05) is 6.61 Å². The minimum atomic E-state index is -0.333. The number of rotatable bonds is 11. The Balaban J connectivity index is 1.27. The molecule has 0 spiro atoms. The van der Waals surface area contributed by atoms with Crippen molar-refractivity contribution in [3.05, 3.63) is 131 Å². The molecule has 0 saturated heterocycles. The van der Waals surface area contributed by atoms with Gasteiger partial charge >= 0.3 is 0 Å². The third kappa shape index (κ3) is 7.41. The number of nitrogens with one attached hydrogen (secondary N) is 1. The molecule has 0 aliphatic rings. The SMILES string of the molecule is CCCOc1ccc(-c2nn(-c3ccccc3)cc2/C=N/NC(=O)c2ccc(OCc3ccc(Cl)cc3)cc2)cc1. The van der Waals surface area contributed by atoms with Crippen LogP contribution in [0, 0.1) is 0 Å². The van der Waals surface area contributed by atoms with E-state index in [4.69, 9.17) is 26.2 Å². The number of carbonyl (C=O) groups is 1. The number of nitrogens with zero attached hydrogens (tertiary/aromatic N) is 3. The summed E-state index contributed by atoms with van der Waals surface area (Å²) in [5, 5.41) is 9.71. The van der Waals surface area contributed by atoms with Gasteiger partial charge in [0.25, 0.3) is 5.91 Å². The molecule has 0 fully saturated rings. The van der Waals surface area contributed by atoms with E-state index in [9.17, 15) is 4.79 Å². The number of aromatic nitrogens is 2. The van der Waals surface area contributed by atoms with Crippen LogP contribution in [0.5, 0.6) is 11.5 Å². The van der Waals surface area contributed by atoms with E-state index in [-0.39, 0.29) is 5.91 Å². The summed E-state index contributed by atoms with van der Waals surface area (Å²) in [5.74, 6) is 1.13. The van der Waals surface area contributed by atoms with Crippen molar-refractivity contribution in [3.8, 4) is 28.4 Å². The van der Waals surface area contributed by atoms with Crippen LogP contribution in [0.15, 0.2) is 114 Å². The first-order valence-corrected chi connectivity index (χ1v) is 13.7. The lowest BCUT2D eigenvalue weighted by molar-refractivity contribution is 0.0955. The van der Waals surface area contributed by atoms with Crippen molar-refractivity contribution in [3.63, 3.8) is 0 Å². The number of para-hydroxylation sites is 1. The fraction of sp³-hybridized carbons (Fsp3) is 0.121. The number of hydrogen-bond donors (Lipinski definition) is 1. The molecule has 0 atom stereocenters. The molecular formula is C33H29ClN4O3. The Labute approximate surface area is 244 Å². The number of hydrogen-bond acceptors (Lipinski definition) is 5. The zero-order chi connectivity index (χ0) is 28.4. The van der Waals surface area contributed by atoms with Crippen LogP contribution in [0.4, 0.5) is 0 Å². The smallest absolute Gasteiger partial charge is 0.271 e. The largest absolute Gasteiger partial charge is 0.494 e. The van der Waals surface area contributed by atoms with Crippen LogP contribution >= 0.6 is 11.6 Å². The molecule has 4 aromatic carbocycles. The maximum absolute atomic E-state index is 12.7. The molecule has 1 aromatic heterocycles. The molecule has 0 radical (unpaired) electrons. The minimum Gasteiger partial charge on any atom is -0.494 e. The van der Waals surface area contributed by atoms with Gasteiger partial charge < -0.3 is 9.47 Å². The molecule has 0 bridgehead atoms. The second-order valence-electron chi connectivity index (χ2n) is 9.22. The number of carbonyl (C=O) groups excluding carboxylic acids is 1. The van der Waals surface area contributed by atoms with Crippen molar-refractivity contribution in [1.29, 1.82) is 0 Å². The highest BCUT2D eigenvalue weighted by molar-refractivity contribution is 6.30. The van der Waals surface area contributed by atoms with Crippen LogP contribution in [-0.2, 0) is 6.61 Å². The van der Waals surface area contributed by atoms with Gasteiger partial charge in [-0.05, 0) is 84.8 Å². The van der Waals surface area contributed by atoms with E-state index in [0.717, 1.165) is 40.2 Å². The first kappa shape index (κ1) is 27.7. The van der Waals surface area contributed by atoms with E-state index in [2.05, 4.69) is 17.5 Å². The molecule has 0 aliphatic carbocycles. The normalized spacial score (nSPS) is 11.0. The van der Waals surface area contributed by atoms with Crippen molar-refractivity contribution < 1.29 is 14.3 Å². The maximum Gasteiger partial charge on any atom is 0.271 e. The Morgan fingerprint density at radius 3 is 2.29 bits per heavy atom. The van der Waals surface area contributed by atoms with Crippen LogP contribution in [0.3, 0.4) is 0 Å². The van der Waals surface area contributed by atoms with Gasteiger partial charge in [-0.3, -0.25) is 4.79 Å². The van der Waals surface area contributed by atoms with Gasteiger partial charge in [0.05, 0.1) is 18.5 Å². The van der Waals surface area contributed by atoms with Gasteiger partial charge in [0.2, 0.25) is 0 Å². The number of ether oxygens (including phenoxy) is 2. The highest BCUT2D eigenvalue weighted by atomic mass is 35.5. The molecule has 5 aromatic rings. The van der Waals surface area contributed by atoms with Gasteiger partial charge in [0, 0.05) is 27.9 Å². The topological polar surface area (TPSA) is 77.7 Å². The van der Waals surface area contributed by atoms with Gasteiger partial charge in [-0.1, -0.05) is 48.9 Å². The van der Waals surface area contributed by atoms with Crippen LogP contribution in [0.25, 0.3) is 16.9 Å². The summed E-state index contributed by atoms with van der Waals surface area (Å²) < 4.78 is 13.3. The molecule has 8 heteroatoms. The Hall–Kier alpha value is -4.88. The van der Waals surface area contributed by atoms with Gasteiger partial charge in [-0.25, -0.2) is 10.1 Å². The predicted octanol–water partition coefficient (Wildman–Crippen LogP) is 7.32. The number of halogens is 1. The third-order valence-electron chi connectivity index (χ3n) is 6.17. The molecule has 1 N–H and O–H groups in total. The molecule has 7 nitrogen and oxygen atoms in total. The lowest BCUT2D eigenvalue weighted by atomic mass is 10.1. The summed E-state index contributed by atoms with van der Waals surface area (Å²) in [7, 11) is 0. The zero-order valence-corrected chi connectivity index (χ0v) is 23.3. The fourth-order valence-corrected chi connectivity index (χ4v) is 4.15. The monoisotopic (exact) mass is 564 g/mol. The molecule has 0 saturated carbocycles. The summed E-state index contributed by atoms with van der Waals surface area (Å²) in [4.78, 5) is 12.7. The molecule has 1 amide bonds. The highest BCUT2D eigenvalue weighted by Gasteiger charge is 2.12. The van der Waals surface area contributed by atoms with E-state index >= 15 is 0 Å². The maximum atomic E-state index is 12.7. The number of amides is 1. The molecular weight excluding hydrogens is 536 g/mol. The second kappa shape index (κ2) is 13.5. The average molecular weight is 565 g/mol. The minimum absolute atomic E-state index is 0.333. The summed E-state index contributed by atoms with van der Waals surface area (Å²) >= 11 is 5.93. The van der Waals surface area contributed by atoms with Gasteiger partial charge in [0.1, 0.15) is 23.8 Å². The lowest BCUT2D eigenvalue weighted by Crippen LogP contribution is -2.17. The second-order valence-corrected chi connectivity index (χ2v) is 9.66. The zero-order valence-electron chi connectivity index (χ0n) is 22.5. The van der Waals surface area contributed by atoms with Crippen molar-refractivity contribution in [2.24, 2.45) is 5.10 Å². The van der Waals surface area contributed by atoms with E-state index in [0.29, 0.717) is 29.5 Å². The first-order chi connectivity index (χ1) is 20.1. The Morgan fingerprint density at radius 1 is 0.902 bits per heavy atom. The average Bonchev–Trinajstić information content (AvgIpc) is 3.45. The van der Waals surface area contributed by atoms with Gasteiger partial charge in [-0.15, -0.1) is 0 Å². The number of benzene rings is 4. The number of hydrazone groups is 1. The predicted molar refractivity (Wildman–Crippen MR) is 162 cm³/mol. The summed E-state index contributed by atoms with van der Waals surface area (Å²) in [5.41, 5.74) is 7.38. The Kier molecular flexibility index (Phi) is 9.08. The van der Waals surface area contributed by atoms with Crippen molar-refractivity contribution >= 4 is 23.7 Å². The van der Waals surface area contributed by atoms with E-state index < -0.39 is 0 Å². The van der Waals surface area contributed by atoms with Crippen LogP contribution < -0.4 is 14.9 Å². The van der Waals surface area contributed by atoms with Crippen LogP contribution in [0.1, 0.15) is 34.8 Å². The quantitative estimate of drug-likeness (QED) is 0.135. The standard InChI is InChI=1S/C33H29ClN4O3/c1-2-20-40-30-16-10-25(11-17-30)32-27(22-38(37-32)29-6-4-3-5-7-29)21-35-36-33(39)26-12-18-31(19-13-26)41-23-24-8-14-28(34)15-9-24/h3-19,21-22H,2,20,23H2,1H3,(H,36,39)/b35-21+. The Bertz CT molecular complexity index is 1600. The molecule has 0 aliphatic heterocycles. The highest BCUT2D eigenvalue weighted by Crippen LogP contribution is 2.25. The van der Waals surface area contributed by atoms with Crippen molar-refractivity contribution in [1.82, 2.24) is 15.2 Å². The Morgan fingerprint density at radius 2 is 1.59 bits per heavy atom. The molecule has 5 rings (SSSR count). The molecule has 0 unspecified atom stereocenters. The molecule has 41 heavy (non-hydrogen) atoms. The van der Waals surface area contributed by atoms with E-state index in [1.165, 1.54) is 0 Å². The van der Waals surface area contributed by atoms with Crippen LogP contribution in [0.2, 0.25) is 5.02 Å². The third-order valence-corrected chi connectivity index (χ3v) is 6.42. The summed E-state index contributed by atoms with van der Waals surface area (Å²) in [6.45, 7) is 3.14. The van der Waals surface area contributed by atoms with E-state index in [1.54, 1.807) is 35.2 Å². The summed E-state index contributed by atoms with van der Waals surface area (Å²) in [6.07, 6.45) is 4.43. The van der Waals surface area contributed by atoms with Gasteiger partial charge in [0.15, 0.2) is 0 Å². The molecule has 1 heterocycles. The van der Waals surface area contributed by atoms with Crippen LogP contribution in [-0.4, -0.2) is 28.5 Å². The molecule has 206 valence electrons. The van der Waals surface area contributed by atoms with Crippen molar-refractivity contribution in [2.45, 2.75) is 20.0 Å². The summed E-state index contributed by atoms with van der Waals surface area (Å²) in [6, 6.07) is 32.0. The van der Waals surface area contributed by atoms with Gasteiger partial charge in [-0.2, -0.15) is 10.2 Å². The fourth-order valence-electron chi connectivity index (χ4n) is 4.02. The lowest BCUT2D eigenvalue weighted by Gasteiger charge is -2.07. The first-order valence-electron chi connectivity index (χ1n) is 13.3.